The lowest BCUT2D eigenvalue weighted by Gasteiger charge is -2.26. The predicted octanol–water partition coefficient (Wildman–Crippen LogP) is 15.1. The van der Waals surface area contributed by atoms with Crippen molar-refractivity contribution in [1.29, 1.82) is 0 Å². The number of anilines is 3. The van der Waals surface area contributed by atoms with Crippen LogP contribution in [0.1, 0.15) is 0 Å². The van der Waals surface area contributed by atoms with Gasteiger partial charge in [0.15, 0.2) is 0 Å². The predicted molar refractivity (Wildman–Crippen MR) is 227 cm³/mol. The van der Waals surface area contributed by atoms with E-state index in [4.69, 9.17) is 4.42 Å². The zero-order valence-electron chi connectivity index (χ0n) is 28.7. The summed E-state index contributed by atoms with van der Waals surface area (Å²) < 4.78 is 9.02. The van der Waals surface area contributed by atoms with Crippen LogP contribution >= 0.6 is 11.3 Å². The van der Waals surface area contributed by atoms with Gasteiger partial charge in [-0.15, -0.1) is 11.3 Å². The molecule has 0 aliphatic heterocycles. The van der Waals surface area contributed by atoms with Gasteiger partial charge in [0.2, 0.25) is 0 Å². The van der Waals surface area contributed by atoms with Gasteiger partial charge in [-0.1, -0.05) is 115 Å². The molecule has 0 spiro atoms. The van der Waals surface area contributed by atoms with E-state index in [1.807, 2.05) is 23.5 Å². The molecule has 0 amide bonds. The lowest BCUT2D eigenvalue weighted by molar-refractivity contribution is 0.669. The molecule has 0 aliphatic rings. The van der Waals surface area contributed by atoms with Gasteiger partial charge in [0.05, 0.1) is 0 Å². The highest BCUT2D eigenvalue weighted by molar-refractivity contribution is 7.25. The largest absolute Gasteiger partial charge is 0.456 e. The van der Waals surface area contributed by atoms with Crippen molar-refractivity contribution in [2.45, 2.75) is 0 Å². The monoisotopic (exact) mass is 693 g/mol. The van der Waals surface area contributed by atoms with Gasteiger partial charge in [-0.2, -0.15) is 0 Å². The third kappa shape index (κ3) is 5.01. The number of rotatable bonds is 5. The summed E-state index contributed by atoms with van der Waals surface area (Å²) in [5.74, 6) is 0. The molecular weight excluding hydrogens is 663 g/mol. The summed E-state index contributed by atoms with van der Waals surface area (Å²) >= 11 is 1.88. The van der Waals surface area contributed by atoms with Crippen LogP contribution in [0, 0.1) is 0 Å². The Morgan fingerprint density at radius 1 is 0.321 bits per heavy atom. The molecule has 0 N–H and O–H groups in total. The van der Waals surface area contributed by atoms with Crippen LogP contribution in [-0.4, -0.2) is 0 Å². The van der Waals surface area contributed by atoms with Gasteiger partial charge in [-0.25, -0.2) is 0 Å². The molecule has 0 bridgehead atoms. The fourth-order valence-corrected chi connectivity index (χ4v) is 9.13. The number of fused-ring (bicyclic) bond motifs is 9. The summed E-state index contributed by atoms with van der Waals surface area (Å²) in [6.45, 7) is 0. The van der Waals surface area contributed by atoms with E-state index in [1.54, 1.807) is 0 Å². The third-order valence-corrected chi connectivity index (χ3v) is 11.8. The van der Waals surface area contributed by atoms with Crippen LogP contribution in [0.5, 0.6) is 0 Å². The maximum atomic E-state index is 6.34. The third-order valence-electron chi connectivity index (χ3n) is 10.6. The summed E-state index contributed by atoms with van der Waals surface area (Å²) in [5.41, 5.74) is 9.76. The Hall–Kier alpha value is -6.68. The molecule has 0 fully saturated rings. The maximum absolute atomic E-state index is 6.34. The van der Waals surface area contributed by atoms with Crippen molar-refractivity contribution in [2.24, 2.45) is 0 Å². The molecule has 248 valence electrons. The summed E-state index contributed by atoms with van der Waals surface area (Å²) in [4.78, 5) is 2.31. The molecular formula is C50H31NOS. The summed E-state index contributed by atoms with van der Waals surface area (Å²) in [6, 6.07) is 68.0. The number of para-hydroxylation sites is 1. The highest BCUT2D eigenvalue weighted by Crippen LogP contribution is 2.41. The van der Waals surface area contributed by atoms with Crippen LogP contribution in [0.25, 0.3) is 85.9 Å². The molecule has 2 heterocycles. The standard InChI is InChI=1S/C50H31NOS/c1-2-8-32(9-3-1)33-16-21-38(22-17-33)51(40-25-27-43-42-10-4-6-12-47(42)52-48(43)30-40)39-23-18-34(19-24-39)35-20-26-41-36(28-35)14-15-37-29-46-44-11-5-7-13-49(44)53-50(46)31-45(37)41/h1-31H. The van der Waals surface area contributed by atoms with Gasteiger partial charge < -0.3 is 9.32 Å². The first-order chi connectivity index (χ1) is 26.2. The Morgan fingerprint density at radius 2 is 0.906 bits per heavy atom. The number of nitrogens with zero attached hydrogens (tertiary/aromatic N) is 1. The van der Waals surface area contributed by atoms with Gasteiger partial charge in [-0.05, 0) is 111 Å². The Bertz CT molecular complexity index is 3150. The summed E-state index contributed by atoms with van der Waals surface area (Å²) in [5, 5.41) is 10.1. The lowest BCUT2D eigenvalue weighted by Crippen LogP contribution is -2.09. The quantitative estimate of drug-likeness (QED) is 0.167. The zero-order chi connectivity index (χ0) is 34.9. The van der Waals surface area contributed by atoms with Crippen molar-refractivity contribution in [1.82, 2.24) is 0 Å². The Kier molecular flexibility index (Phi) is 6.76. The van der Waals surface area contributed by atoms with Crippen LogP contribution < -0.4 is 4.90 Å². The van der Waals surface area contributed by atoms with Crippen LogP contribution in [0.2, 0.25) is 0 Å². The topological polar surface area (TPSA) is 16.4 Å². The molecule has 2 nitrogen and oxygen atoms in total. The number of thiophene rings is 1. The smallest absolute Gasteiger partial charge is 0.137 e. The van der Waals surface area contributed by atoms with Gasteiger partial charge in [-0.3, -0.25) is 0 Å². The number of hydrogen-bond donors (Lipinski definition) is 0. The second kappa shape index (κ2) is 11.9. The Labute approximate surface area is 310 Å². The van der Waals surface area contributed by atoms with E-state index in [1.165, 1.54) is 64.0 Å². The average molecular weight is 694 g/mol. The maximum Gasteiger partial charge on any atom is 0.137 e. The van der Waals surface area contributed by atoms with Crippen molar-refractivity contribution >= 4 is 92.1 Å². The highest BCUT2D eigenvalue weighted by Gasteiger charge is 2.16. The molecule has 11 aromatic rings. The minimum Gasteiger partial charge on any atom is -0.456 e. The minimum absolute atomic E-state index is 0.878. The van der Waals surface area contributed by atoms with Gasteiger partial charge in [0.1, 0.15) is 11.2 Å². The van der Waals surface area contributed by atoms with Gasteiger partial charge in [0, 0.05) is 54.1 Å². The number of hydrogen-bond acceptors (Lipinski definition) is 3. The number of furan rings is 1. The number of benzene rings is 9. The molecule has 9 aromatic carbocycles. The first-order valence-electron chi connectivity index (χ1n) is 18.0. The first-order valence-corrected chi connectivity index (χ1v) is 18.8. The molecule has 3 heteroatoms. The van der Waals surface area contributed by atoms with E-state index in [2.05, 4.69) is 181 Å². The molecule has 11 rings (SSSR count). The van der Waals surface area contributed by atoms with Crippen molar-refractivity contribution in [3.05, 3.63) is 188 Å². The first kappa shape index (κ1) is 30.0. The SMILES string of the molecule is c1ccc(-c2ccc(N(c3ccc(-c4ccc5c(ccc6cc7c(cc65)sc5ccccc57)c4)cc3)c3ccc4c(c3)oc3ccccc34)cc2)cc1. The fraction of sp³-hybridized carbons (Fsp3) is 0. The van der Waals surface area contributed by atoms with Crippen LogP contribution in [0.3, 0.4) is 0 Å². The molecule has 2 aromatic heterocycles. The molecule has 0 atom stereocenters. The second-order valence-electron chi connectivity index (χ2n) is 13.7. The average Bonchev–Trinajstić information content (AvgIpc) is 3.78. The van der Waals surface area contributed by atoms with Gasteiger partial charge in [0.25, 0.3) is 0 Å². The van der Waals surface area contributed by atoms with E-state index in [0.717, 1.165) is 39.0 Å². The Morgan fingerprint density at radius 3 is 1.70 bits per heavy atom. The fourth-order valence-electron chi connectivity index (χ4n) is 8.00. The zero-order valence-corrected chi connectivity index (χ0v) is 29.5. The molecule has 0 saturated carbocycles. The van der Waals surface area contributed by atoms with E-state index in [9.17, 15) is 0 Å². The molecule has 0 unspecified atom stereocenters. The molecule has 0 aliphatic carbocycles. The van der Waals surface area contributed by atoms with Crippen molar-refractivity contribution in [3.63, 3.8) is 0 Å². The molecule has 53 heavy (non-hydrogen) atoms. The van der Waals surface area contributed by atoms with Crippen molar-refractivity contribution in [2.75, 3.05) is 4.90 Å². The van der Waals surface area contributed by atoms with Crippen LogP contribution in [0.15, 0.2) is 192 Å². The van der Waals surface area contributed by atoms with Crippen LogP contribution in [-0.2, 0) is 0 Å². The second-order valence-corrected chi connectivity index (χ2v) is 14.8. The van der Waals surface area contributed by atoms with Crippen molar-refractivity contribution in [3.8, 4) is 22.3 Å². The van der Waals surface area contributed by atoms with Gasteiger partial charge >= 0.3 is 0 Å². The van der Waals surface area contributed by atoms with E-state index in [0.29, 0.717) is 0 Å². The van der Waals surface area contributed by atoms with Crippen LogP contribution in [0.4, 0.5) is 17.1 Å². The Balaban J connectivity index is 0.983. The van der Waals surface area contributed by atoms with Crippen molar-refractivity contribution < 1.29 is 4.42 Å². The summed E-state index contributed by atoms with van der Waals surface area (Å²) in [7, 11) is 0. The van der Waals surface area contributed by atoms with E-state index < -0.39 is 0 Å². The normalized spacial score (nSPS) is 11.8. The highest BCUT2D eigenvalue weighted by atomic mass is 32.1. The minimum atomic E-state index is 0.878. The van der Waals surface area contributed by atoms with E-state index >= 15 is 0 Å². The lowest BCUT2D eigenvalue weighted by atomic mass is 9.96. The molecule has 0 radical (unpaired) electrons. The van der Waals surface area contributed by atoms with E-state index in [-0.39, 0.29) is 0 Å². The molecule has 0 saturated heterocycles. The summed E-state index contributed by atoms with van der Waals surface area (Å²) in [6.07, 6.45) is 0.